The van der Waals surface area contributed by atoms with Crippen LogP contribution >= 0.6 is 11.3 Å². The third-order valence-electron chi connectivity index (χ3n) is 5.65. The van der Waals surface area contributed by atoms with Crippen molar-refractivity contribution in [3.05, 3.63) is 32.1 Å². The van der Waals surface area contributed by atoms with Crippen LogP contribution in [0.4, 0.5) is 17.6 Å². The lowest BCUT2D eigenvalue weighted by atomic mass is 9.92. The van der Waals surface area contributed by atoms with E-state index in [9.17, 15) is 37.1 Å². The molecule has 1 aliphatic carbocycles. The molecule has 34 heavy (non-hydrogen) atoms. The molecule has 0 aromatic carbocycles. The van der Waals surface area contributed by atoms with E-state index in [0.29, 0.717) is 4.57 Å². The number of alkyl halides is 3. The fraction of sp³-hybridized carbons (Fsp3) is 0.522. The SMILES string of the molecule is C#CCn1c(C(F)(F)F)c(C#CC[C@@]2(C(=O)O)[C@@H](C=C(F)C(=O)OC(C)(C)C)C2(C)C)sc1=O. The van der Waals surface area contributed by atoms with Crippen LogP contribution in [0.25, 0.3) is 0 Å². The summed E-state index contributed by atoms with van der Waals surface area (Å²) in [4.78, 5) is 34.5. The van der Waals surface area contributed by atoms with E-state index in [0.717, 1.165) is 6.08 Å². The Labute approximate surface area is 197 Å². The summed E-state index contributed by atoms with van der Waals surface area (Å²) in [7, 11) is 0. The highest BCUT2D eigenvalue weighted by atomic mass is 32.1. The highest BCUT2D eigenvalue weighted by Gasteiger charge is 2.74. The Bertz CT molecular complexity index is 1200. The molecule has 0 spiro atoms. The van der Waals surface area contributed by atoms with Gasteiger partial charge in [0, 0.05) is 12.3 Å². The van der Waals surface area contributed by atoms with Crippen molar-refractivity contribution in [2.24, 2.45) is 16.7 Å². The normalized spacial score (nSPS) is 21.8. The number of hydrogen-bond donors (Lipinski definition) is 1. The van der Waals surface area contributed by atoms with Gasteiger partial charge in [-0.3, -0.25) is 14.2 Å². The number of allylic oxidation sites excluding steroid dienone is 1. The number of aromatic nitrogens is 1. The van der Waals surface area contributed by atoms with Crippen LogP contribution in [0.15, 0.2) is 16.7 Å². The molecule has 1 aromatic heterocycles. The summed E-state index contributed by atoms with van der Waals surface area (Å²) in [6.07, 6.45) is 0.541. The number of halogens is 4. The molecule has 2 atom stereocenters. The van der Waals surface area contributed by atoms with Crippen LogP contribution in [-0.2, 0) is 27.0 Å². The lowest BCUT2D eigenvalue weighted by molar-refractivity contribution is -0.152. The molecule has 0 aliphatic heterocycles. The van der Waals surface area contributed by atoms with Gasteiger partial charge < -0.3 is 9.84 Å². The maximum Gasteiger partial charge on any atom is 0.433 e. The Morgan fingerprint density at radius 2 is 1.88 bits per heavy atom. The summed E-state index contributed by atoms with van der Waals surface area (Å²) >= 11 is 0.245. The number of carbonyl (C=O) groups excluding carboxylic acids is 1. The van der Waals surface area contributed by atoms with Crippen molar-refractivity contribution >= 4 is 23.3 Å². The molecular weight excluding hydrogens is 478 g/mol. The molecule has 1 heterocycles. The first-order valence-electron chi connectivity index (χ1n) is 9.97. The number of hydrogen-bond acceptors (Lipinski definition) is 5. The van der Waals surface area contributed by atoms with Gasteiger partial charge in [-0.05, 0) is 32.3 Å². The van der Waals surface area contributed by atoms with Crippen molar-refractivity contribution in [3.8, 4) is 24.2 Å². The first-order chi connectivity index (χ1) is 15.4. The number of ether oxygens (including phenoxy) is 1. The maximum absolute atomic E-state index is 14.4. The molecule has 0 saturated heterocycles. The molecule has 1 aliphatic rings. The van der Waals surface area contributed by atoms with E-state index >= 15 is 0 Å². The zero-order valence-corrected chi connectivity index (χ0v) is 19.9. The standard InChI is InChI=1S/C23H23F4NO5S/c1-7-11-28-16(23(25,26)27)14(34-19(28)32)9-8-10-22(18(30)31)15(21(22,5)6)12-13(24)17(29)33-20(2,3)4/h1,12,15H,10-11H2,2-6H3,(H,30,31)/t15-,22-/m0/s1. The quantitative estimate of drug-likeness (QED) is 0.283. The molecule has 0 amide bonds. The molecule has 1 aromatic rings. The molecule has 0 bridgehead atoms. The molecule has 0 radical (unpaired) electrons. The zero-order valence-electron chi connectivity index (χ0n) is 19.1. The van der Waals surface area contributed by atoms with Crippen molar-refractivity contribution in [2.45, 2.75) is 59.4 Å². The fourth-order valence-electron chi connectivity index (χ4n) is 3.88. The molecule has 11 heteroatoms. The van der Waals surface area contributed by atoms with Crippen LogP contribution in [0.2, 0.25) is 0 Å². The summed E-state index contributed by atoms with van der Waals surface area (Å²) in [6, 6.07) is 0. The van der Waals surface area contributed by atoms with Crippen molar-refractivity contribution in [2.75, 3.05) is 0 Å². The summed E-state index contributed by atoms with van der Waals surface area (Å²) in [6.45, 7) is 7.06. The molecule has 1 fully saturated rings. The molecule has 6 nitrogen and oxygen atoms in total. The third kappa shape index (κ3) is 5.05. The van der Waals surface area contributed by atoms with Crippen molar-refractivity contribution < 1.29 is 37.0 Å². The molecule has 2 rings (SSSR count). The summed E-state index contributed by atoms with van der Waals surface area (Å²) in [5, 5.41) is 9.86. The highest BCUT2D eigenvalue weighted by molar-refractivity contribution is 7.10. The van der Waals surface area contributed by atoms with Gasteiger partial charge in [-0.15, -0.1) is 6.42 Å². The minimum absolute atomic E-state index is 0.245. The predicted octanol–water partition coefficient (Wildman–Crippen LogP) is 4.23. The second kappa shape index (κ2) is 8.95. The van der Waals surface area contributed by atoms with E-state index in [2.05, 4.69) is 11.8 Å². The number of carboxylic acid groups (broad SMARTS) is 1. The topological polar surface area (TPSA) is 85.6 Å². The second-order valence-corrected chi connectivity index (χ2v) is 10.3. The van der Waals surface area contributed by atoms with E-state index < -0.39 is 74.7 Å². The van der Waals surface area contributed by atoms with Gasteiger partial charge >= 0.3 is 23.0 Å². The number of rotatable bonds is 5. The lowest BCUT2D eigenvalue weighted by Gasteiger charge is -2.18. The summed E-state index contributed by atoms with van der Waals surface area (Å²) < 4.78 is 60.2. The zero-order chi connectivity index (χ0) is 26.3. The van der Waals surface area contributed by atoms with Gasteiger partial charge in [0.25, 0.3) is 0 Å². The number of aliphatic carboxylic acids is 1. The van der Waals surface area contributed by atoms with Crippen LogP contribution < -0.4 is 4.87 Å². The second-order valence-electron chi connectivity index (χ2n) is 9.30. The number of nitrogens with zero attached hydrogens (tertiary/aromatic N) is 1. The fourth-order valence-corrected chi connectivity index (χ4v) is 4.77. The van der Waals surface area contributed by atoms with E-state index in [1.54, 1.807) is 0 Å². The van der Waals surface area contributed by atoms with Crippen molar-refractivity contribution in [1.82, 2.24) is 4.57 Å². The maximum atomic E-state index is 14.4. The highest BCUT2D eigenvalue weighted by Crippen LogP contribution is 2.71. The van der Waals surface area contributed by atoms with E-state index in [-0.39, 0.29) is 11.3 Å². The lowest BCUT2D eigenvalue weighted by Crippen LogP contribution is -2.24. The van der Waals surface area contributed by atoms with Crippen LogP contribution in [0.5, 0.6) is 0 Å². The first-order valence-corrected chi connectivity index (χ1v) is 10.8. The number of terminal acetylenes is 1. The Kier molecular flexibility index (Phi) is 7.16. The Morgan fingerprint density at radius 3 is 2.35 bits per heavy atom. The first kappa shape index (κ1) is 27.2. The Balaban J connectivity index is 2.42. The largest absolute Gasteiger partial charge is 0.481 e. The van der Waals surface area contributed by atoms with Crippen LogP contribution in [-0.4, -0.2) is 27.2 Å². The van der Waals surface area contributed by atoms with Gasteiger partial charge in [-0.2, -0.15) is 17.6 Å². The third-order valence-corrected chi connectivity index (χ3v) is 6.54. The monoisotopic (exact) mass is 501 g/mol. The average molecular weight is 501 g/mol. The van der Waals surface area contributed by atoms with Crippen molar-refractivity contribution in [3.63, 3.8) is 0 Å². The summed E-state index contributed by atoms with van der Waals surface area (Å²) in [5.41, 5.74) is -5.00. The molecule has 1 saturated carbocycles. The smallest absolute Gasteiger partial charge is 0.433 e. The van der Waals surface area contributed by atoms with E-state index in [1.165, 1.54) is 34.6 Å². The molecule has 0 unspecified atom stereocenters. The van der Waals surface area contributed by atoms with Crippen LogP contribution in [0, 0.1) is 40.9 Å². The van der Waals surface area contributed by atoms with E-state index in [4.69, 9.17) is 11.2 Å². The molecule has 184 valence electrons. The van der Waals surface area contributed by atoms with Gasteiger partial charge in [0.2, 0.25) is 5.83 Å². The summed E-state index contributed by atoms with van der Waals surface area (Å²) in [5.74, 6) is 1.79. The number of thiazole rings is 1. The minimum Gasteiger partial charge on any atom is -0.481 e. The number of carboxylic acids is 1. The average Bonchev–Trinajstić information content (AvgIpc) is 2.94. The molecular formula is C23H23F4NO5S. The predicted molar refractivity (Wildman–Crippen MR) is 116 cm³/mol. The van der Waals surface area contributed by atoms with Gasteiger partial charge in [-0.1, -0.05) is 42.9 Å². The van der Waals surface area contributed by atoms with Gasteiger partial charge in [-0.25, -0.2) is 4.79 Å². The Morgan fingerprint density at radius 1 is 1.29 bits per heavy atom. The van der Waals surface area contributed by atoms with E-state index in [1.807, 2.05) is 5.92 Å². The van der Waals surface area contributed by atoms with Crippen molar-refractivity contribution in [1.29, 1.82) is 0 Å². The van der Waals surface area contributed by atoms with Crippen LogP contribution in [0.3, 0.4) is 0 Å². The van der Waals surface area contributed by atoms with Gasteiger partial charge in [0.05, 0.1) is 12.0 Å². The molecule has 1 N–H and O–H groups in total. The van der Waals surface area contributed by atoms with Crippen LogP contribution in [0.1, 0.15) is 51.6 Å². The number of esters is 1. The minimum atomic E-state index is -4.91. The van der Waals surface area contributed by atoms with Gasteiger partial charge in [0.15, 0.2) is 5.69 Å². The van der Waals surface area contributed by atoms with Gasteiger partial charge in [0.1, 0.15) is 10.5 Å². The Hall–Kier alpha value is -3.05. The number of carbonyl (C=O) groups is 2.